The van der Waals surface area contributed by atoms with E-state index in [2.05, 4.69) is 6.92 Å². The number of likely N-dealkylation sites (tertiary alicyclic amines) is 1. The number of benzene rings is 2. The largest absolute Gasteiger partial charge is 0.451 e. The normalized spacial score (nSPS) is 14.6. The van der Waals surface area contributed by atoms with Gasteiger partial charge in [0.15, 0.2) is 6.61 Å². The number of nitrogens with zero attached hydrogens (tertiary/aromatic N) is 2. The summed E-state index contributed by atoms with van der Waals surface area (Å²) in [6.07, 6.45) is 1.91. The first-order valence-corrected chi connectivity index (χ1v) is 10.6. The Labute approximate surface area is 181 Å². The topological polar surface area (TPSA) is 68.6 Å². The highest BCUT2D eigenvalue weighted by atomic mass is 16.5. The van der Waals surface area contributed by atoms with Gasteiger partial charge in [-0.3, -0.25) is 9.59 Å². The number of carbonyl (C=O) groups is 2. The fourth-order valence-electron chi connectivity index (χ4n) is 4.15. The van der Waals surface area contributed by atoms with Crippen LogP contribution in [0.15, 0.2) is 59.4 Å². The van der Waals surface area contributed by atoms with Crippen LogP contribution in [0.4, 0.5) is 0 Å². The number of aromatic nitrogens is 1. The molecule has 31 heavy (non-hydrogen) atoms. The van der Waals surface area contributed by atoms with E-state index in [1.807, 2.05) is 42.5 Å². The molecule has 3 aromatic rings. The minimum atomic E-state index is -0.678. The van der Waals surface area contributed by atoms with Crippen LogP contribution in [0, 0.1) is 5.92 Å². The van der Waals surface area contributed by atoms with Gasteiger partial charge in [-0.05, 0) is 35.8 Å². The molecule has 0 unspecified atom stereocenters. The van der Waals surface area contributed by atoms with E-state index in [4.69, 9.17) is 4.74 Å². The van der Waals surface area contributed by atoms with Gasteiger partial charge in [0.05, 0.1) is 0 Å². The molecule has 1 aliphatic heterocycles. The maximum atomic E-state index is 13.1. The second-order valence-electron chi connectivity index (χ2n) is 8.14. The molecule has 0 spiro atoms. The van der Waals surface area contributed by atoms with Crippen LogP contribution in [0.5, 0.6) is 0 Å². The van der Waals surface area contributed by atoms with E-state index in [-0.39, 0.29) is 23.8 Å². The molecule has 1 saturated heterocycles. The van der Waals surface area contributed by atoms with E-state index in [0.29, 0.717) is 35.3 Å². The van der Waals surface area contributed by atoms with Crippen LogP contribution in [0.2, 0.25) is 0 Å². The maximum absolute atomic E-state index is 13.1. The van der Waals surface area contributed by atoms with Gasteiger partial charge in [-0.25, -0.2) is 4.79 Å². The molecule has 6 nitrogen and oxygen atoms in total. The third kappa shape index (κ3) is 4.10. The van der Waals surface area contributed by atoms with Gasteiger partial charge in [0, 0.05) is 31.1 Å². The van der Waals surface area contributed by atoms with Gasteiger partial charge in [-0.2, -0.15) is 0 Å². The zero-order valence-electron chi connectivity index (χ0n) is 17.8. The van der Waals surface area contributed by atoms with Crippen molar-refractivity contribution in [3.63, 3.8) is 0 Å². The Hall–Kier alpha value is -3.41. The van der Waals surface area contributed by atoms with Crippen LogP contribution < -0.4 is 5.56 Å². The first-order chi connectivity index (χ1) is 15.0. The molecular weight excluding hydrogens is 392 g/mol. The van der Waals surface area contributed by atoms with Crippen LogP contribution in [0.3, 0.4) is 0 Å². The summed E-state index contributed by atoms with van der Waals surface area (Å²) in [7, 11) is 1.56. The van der Waals surface area contributed by atoms with Gasteiger partial charge < -0.3 is 14.2 Å². The summed E-state index contributed by atoms with van der Waals surface area (Å²) in [6, 6.07) is 16.7. The molecule has 0 atom stereocenters. The predicted molar refractivity (Wildman–Crippen MR) is 120 cm³/mol. The SMILES string of the molecule is CC1CCN(C(=O)COC(=O)c2c(-c3ccccc3)c3ccccc3c(=O)n2C)CC1. The number of ether oxygens (including phenoxy) is 1. The second-order valence-corrected chi connectivity index (χ2v) is 8.14. The van der Waals surface area contributed by atoms with E-state index in [9.17, 15) is 14.4 Å². The first-order valence-electron chi connectivity index (χ1n) is 10.6. The molecule has 1 aliphatic rings. The summed E-state index contributed by atoms with van der Waals surface area (Å²) in [5, 5.41) is 1.21. The monoisotopic (exact) mass is 418 g/mol. The highest BCUT2D eigenvalue weighted by Gasteiger charge is 2.25. The number of rotatable bonds is 4. The van der Waals surface area contributed by atoms with Crippen LogP contribution in [-0.2, 0) is 16.6 Å². The van der Waals surface area contributed by atoms with Gasteiger partial charge in [-0.15, -0.1) is 0 Å². The average molecular weight is 418 g/mol. The second kappa shape index (κ2) is 8.76. The first kappa shape index (κ1) is 20.8. The highest BCUT2D eigenvalue weighted by Crippen LogP contribution is 2.30. The fourth-order valence-corrected chi connectivity index (χ4v) is 4.15. The molecule has 0 bridgehead atoms. The van der Waals surface area contributed by atoms with Crippen molar-refractivity contribution in [3.8, 4) is 11.1 Å². The quantitative estimate of drug-likeness (QED) is 0.607. The summed E-state index contributed by atoms with van der Waals surface area (Å²) in [4.78, 5) is 40.4. The Morgan fingerprint density at radius 1 is 0.968 bits per heavy atom. The maximum Gasteiger partial charge on any atom is 0.356 e. The van der Waals surface area contributed by atoms with E-state index in [1.54, 1.807) is 24.1 Å². The van der Waals surface area contributed by atoms with Crippen molar-refractivity contribution < 1.29 is 14.3 Å². The summed E-state index contributed by atoms with van der Waals surface area (Å²) in [5.41, 5.74) is 1.30. The molecule has 4 rings (SSSR count). The number of piperidine rings is 1. The lowest BCUT2D eigenvalue weighted by molar-refractivity contribution is -0.135. The van der Waals surface area contributed by atoms with Crippen LogP contribution in [0.1, 0.15) is 30.3 Å². The molecule has 0 N–H and O–H groups in total. The van der Waals surface area contributed by atoms with Crippen molar-refractivity contribution >= 4 is 22.6 Å². The number of hydrogen-bond donors (Lipinski definition) is 0. The predicted octanol–water partition coefficient (Wildman–Crippen LogP) is 3.62. The summed E-state index contributed by atoms with van der Waals surface area (Å²) in [6.45, 7) is 3.21. The molecule has 1 amide bonds. The van der Waals surface area contributed by atoms with Gasteiger partial charge in [0.25, 0.3) is 11.5 Å². The number of carbonyl (C=O) groups excluding carboxylic acids is 2. The Morgan fingerprint density at radius 2 is 1.58 bits per heavy atom. The fraction of sp³-hybridized carbons (Fsp3) is 0.320. The van der Waals surface area contributed by atoms with Crippen LogP contribution in [-0.4, -0.2) is 41.0 Å². The molecular formula is C25H26N2O4. The summed E-state index contributed by atoms with van der Waals surface area (Å²) >= 11 is 0. The molecule has 160 valence electrons. The Kier molecular flexibility index (Phi) is 5.89. The lowest BCUT2D eigenvalue weighted by Crippen LogP contribution is -2.40. The number of esters is 1. The summed E-state index contributed by atoms with van der Waals surface area (Å²) < 4.78 is 6.75. The van der Waals surface area contributed by atoms with Gasteiger partial charge in [-0.1, -0.05) is 55.5 Å². The van der Waals surface area contributed by atoms with Crippen LogP contribution >= 0.6 is 0 Å². The lowest BCUT2D eigenvalue weighted by atomic mass is 9.97. The minimum Gasteiger partial charge on any atom is -0.451 e. The van der Waals surface area contributed by atoms with Gasteiger partial charge in [0.1, 0.15) is 5.69 Å². The average Bonchev–Trinajstić information content (AvgIpc) is 2.80. The lowest BCUT2D eigenvalue weighted by Gasteiger charge is -2.30. The van der Waals surface area contributed by atoms with Crippen molar-refractivity contribution in [1.82, 2.24) is 9.47 Å². The van der Waals surface area contributed by atoms with Crippen molar-refractivity contribution in [2.75, 3.05) is 19.7 Å². The number of pyridine rings is 1. The van der Waals surface area contributed by atoms with Crippen molar-refractivity contribution in [2.45, 2.75) is 19.8 Å². The molecule has 0 saturated carbocycles. The molecule has 0 aliphatic carbocycles. The van der Waals surface area contributed by atoms with Crippen LogP contribution in [0.25, 0.3) is 21.9 Å². The van der Waals surface area contributed by atoms with Crippen molar-refractivity contribution in [3.05, 3.63) is 70.6 Å². The molecule has 2 aromatic carbocycles. The smallest absolute Gasteiger partial charge is 0.356 e. The molecule has 1 aromatic heterocycles. The zero-order chi connectivity index (χ0) is 22.0. The number of amides is 1. The number of hydrogen-bond acceptors (Lipinski definition) is 4. The summed E-state index contributed by atoms with van der Waals surface area (Å²) in [5.74, 6) is -0.276. The van der Waals surface area contributed by atoms with Crippen molar-refractivity contribution in [2.24, 2.45) is 13.0 Å². The van der Waals surface area contributed by atoms with Gasteiger partial charge >= 0.3 is 5.97 Å². The van der Waals surface area contributed by atoms with Crippen molar-refractivity contribution in [1.29, 1.82) is 0 Å². The third-order valence-electron chi connectivity index (χ3n) is 6.02. The third-order valence-corrected chi connectivity index (χ3v) is 6.02. The molecule has 6 heteroatoms. The Bertz CT molecular complexity index is 1180. The molecule has 0 radical (unpaired) electrons. The molecule has 1 fully saturated rings. The Morgan fingerprint density at radius 3 is 2.26 bits per heavy atom. The van der Waals surface area contributed by atoms with E-state index >= 15 is 0 Å². The minimum absolute atomic E-state index is 0.148. The zero-order valence-corrected chi connectivity index (χ0v) is 17.8. The highest BCUT2D eigenvalue weighted by molar-refractivity contribution is 6.07. The Balaban J connectivity index is 1.70. The standard InChI is InChI=1S/C25H26N2O4/c1-17-12-14-27(15-13-17)21(28)16-31-25(30)23-22(18-8-4-3-5-9-18)19-10-6-7-11-20(19)24(29)26(23)2/h3-11,17H,12-16H2,1-2H3. The van der Waals surface area contributed by atoms with E-state index in [1.165, 1.54) is 4.57 Å². The molecule has 2 heterocycles. The van der Waals surface area contributed by atoms with E-state index < -0.39 is 5.97 Å². The van der Waals surface area contributed by atoms with Gasteiger partial charge in [0.2, 0.25) is 0 Å². The van der Waals surface area contributed by atoms with E-state index in [0.717, 1.165) is 18.4 Å². The number of fused-ring (bicyclic) bond motifs is 1.